The van der Waals surface area contributed by atoms with Gasteiger partial charge < -0.3 is 20.7 Å². The molecule has 0 unspecified atom stereocenters. The van der Waals surface area contributed by atoms with E-state index in [1.54, 1.807) is 0 Å². The van der Waals surface area contributed by atoms with Gasteiger partial charge in [0.15, 0.2) is 0 Å². The van der Waals surface area contributed by atoms with Crippen molar-refractivity contribution in [2.24, 2.45) is 0 Å². The minimum absolute atomic E-state index is 0.00131. The molecule has 0 heterocycles. The minimum Gasteiger partial charge on any atom is -0.494 e. The van der Waals surface area contributed by atoms with Gasteiger partial charge in [0.05, 0.1) is 13.2 Å². The SMILES string of the molecule is CCOc1cccc(CNC(=O)NCC(=O)NC2CCCCC2)c1. The Kier molecular flexibility index (Phi) is 7.39. The molecule has 3 N–H and O–H groups in total. The van der Waals surface area contributed by atoms with Crippen molar-refractivity contribution in [2.45, 2.75) is 51.6 Å². The van der Waals surface area contributed by atoms with Crippen LogP contribution in [-0.4, -0.2) is 31.1 Å². The lowest BCUT2D eigenvalue weighted by Gasteiger charge is -2.22. The predicted octanol–water partition coefficient (Wildman–Crippen LogP) is 2.33. The van der Waals surface area contributed by atoms with Crippen LogP contribution in [0.5, 0.6) is 5.75 Å². The molecule has 6 heteroatoms. The molecule has 24 heavy (non-hydrogen) atoms. The largest absolute Gasteiger partial charge is 0.494 e. The van der Waals surface area contributed by atoms with Crippen LogP contribution in [0.15, 0.2) is 24.3 Å². The number of urea groups is 1. The lowest BCUT2D eigenvalue weighted by molar-refractivity contribution is -0.121. The summed E-state index contributed by atoms with van der Waals surface area (Å²) in [6, 6.07) is 7.48. The van der Waals surface area contributed by atoms with Crippen LogP contribution in [0.25, 0.3) is 0 Å². The first-order chi connectivity index (χ1) is 11.7. The van der Waals surface area contributed by atoms with Crippen molar-refractivity contribution in [3.63, 3.8) is 0 Å². The Morgan fingerprint density at radius 2 is 1.96 bits per heavy atom. The number of amides is 3. The van der Waals surface area contributed by atoms with Crippen LogP contribution in [0, 0.1) is 0 Å². The van der Waals surface area contributed by atoms with Crippen molar-refractivity contribution in [1.82, 2.24) is 16.0 Å². The zero-order valence-corrected chi connectivity index (χ0v) is 14.3. The van der Waals surface area contributed by atoms with Crippen molar-refractivity contribution in [1.29, 1.82) is 0 Å². The molecule has 3 amide bonds. The van der Waals surface area contributed by atoms with Crippen LogP contribution in [-0.2, 0) is 11.3 Å². The molecule has 0 aliphatic heterocycles. The maximum atomic E-state index is 11.8. The molecule has 1 aromatic rings. The molecule has 0 atom stereocenters. The van der Waals surface area contributed by atoms with E-state index in [0.717, 1.165) is 24.2 Å². The molecule has 6 nitrogen and oxygen atoms in total. The highest BCUT2D eigenvalue weighted by Crippen LogP contribution is 2.17. The van der Waals surface area contributed by atoms with E-state index >= 15 is 0 Å². The Morgan fingerprint density at radius 3 is 2.71 bits per heavy atom. The molecule has 2 rings (SSSR count). The molecule has 132 valence electrons. The van der Waals surface area contributed by atoms with Gasteiger partial charge in [0, 0.05) is 12.6 Å². The minimum atomic E-state index is -0.351. The zero-order valence-electron chi connectivity index (χ0n) is 14.3. The average molecular weight is 333 g/mol. The topological polar surface area (TPSA) is 79.5 Å². The van der Waals surface area contributed by atoms with E-state index in [-0.39, 0.29) is 24.5 Å². The van der Waals surface area contributed by atoms with Crippen LogP contribution in [0.3, 0.4) is 0 Å². The monoisotopic (exact) mass is 333 g/mol. The van der Waals surface area contributed by atoms with Crippen LogP contribution < -0.4 is 20.7 Å². The lowest BCUT2D eigenvalue weighted by atomic mass is 9.95. The summed E-state index contributed by atoms with van der Waals surface area (Å²) >= 11 is 0. The van der Waals surface area contributed by atoms with Gasteiger partial charge in [-0.15, -0.1) is 0 Å². The second kappa shape index (κ2) is 9.80. The first-order valence-electron chi connectivity index (χ1n) is 8.70. The fraction of sp³-hybridized carbons (Fsp3) is 0.556. The first-order valence-corrected chi connectivity index (χ1v) is 8.70. The van der Waals surface area contributed by atoms with Crippen LogP contribution in [0.2, 0.25) is 0 Å². The molecule has 0 aromatic heterocycles. The Bertz CT molecular complexity index is 542. The summed E-state index contributed by atoms with van der Waals surface area (Å²) in [7, 11) is 0. The van der Waals surface area contributed by atoms with Gasteiger partial charge in [-0.25, -0.2) is 4.79 Å². The normalized spacial score (nSPS) is 14.7. The van der Waals surface area contributed by atoms with Crippen molar-refractivity contribution in [2.75, 3.05) is 13.2 Å². The number of rotatable bonds is 7. The standard InChI is InChI=1S/C18H27N3O3/c1-2-24-16-10-6-7-14(11-16)12-19-18(23)20-13-17(22)21-15-8-4-3-5-9-15/h6-7,10-11,15H,2-5,8-9,12-13H2,1H3,(H,21,22)(H2,19,20,23). The first kappa shape index (κ1) is 18.1. The fourth-order valence-corrected chi connectivity index (χ4v) is 2.84. The smallest absolute Gasteiger partial charge is 0.315 e. The Balaban J connectivity index is 1.65. The van der Waals surface area contributed by atoms with Crippen molar-refractivity contribution in [3.8, 4) is 5.75 Å². The van der Waals surface area contributed by atoms with E-state index in [4.69, 9.17) is 4.74 Å². The molecule has 1 aromatic carbocycles. The molecular weight excluding hydrogens is 306 g/mol. The van der Waals surface area contributed by atoms with Gasteiger partial charge >= 0.3 is 6.03 Å². The number of benzene rings is 1. The summed E-state index contributed by atoms with van der Waals surface area (Å²) in [4.78, 5) is 23.6. The number of carbonyl (C=O) groups is 2. The summed E-state index contributed by atoms with van der Waals surface area (Å²) in [6.45, 7) is 2.92. The predicted molar refractivity (Wildman–Crippen MR) is 92.9 cm³/mol. The Labute approximate surface area is 143 Å². The summed E-state index contributed by atoms with van der Waals surface area (Å²) in [6.07, 6.45) is 5.65. The Morgan fingerprint density at radius 1 is 1.17 bits per heavy atom. The van der Waals surface area contributed by atoms with Gasteiger partial charge in [-0.2, -0.15) is 0 Å². The molecular formula is C18H27N3O3. The summed E-state index contributed by atoms with van der Waals surface area (Å²) in [5, 5.41) is 8.30. The molecule has 0 spiro atoms. The van der Waals surface area contributed by atoms with Crippen molar-refractivity contribution < 1.29 is 14.3 Å². The van der Waals surface area contributed by atoms with Crippen LogP contribution >= 0.6 is 0 Å². The molecule has 0 saturated heterocycles. The third-order valence-corrected chi connectivity index (χ3v) is 4.04. The van der Waals surface area contributed by atoms with Gasteiger partial charge in [0.2, 0.25) is 5.91 Å². The number of hydrogen-bond acceptors (Lipinski definition) is 3. The maximum Gasteiger partial charge on any atom is 0.315 e. The van der Waals surface area contributed by atoms with Gasteiger partial charge in [-0.05, 0) is 37.5 Å². The third kappa shape index (κ3) is 6.48. The van der Waals surface area contributed by atoms with Crippen molar-refractivity contribution >= 4 is 11.9 Å². The Hall–Kier alpha value is -2.24. The summed E-state index contributed by atoms with van der Waals surface area (Å²) < 4.78 is 5.42. The maximum absolute atomic E-state index is 11.8. The van der Waals surface area contributed by atoms with Gasteiger partial charge in [-0.1, -0.05) is 31.4 Å². The number of ether oxygens (including phenoxy) is 1. The average Bonchev–Trinajstić information content (AvgIpc) is 2.60. The lowest BCUT2D eigenvalue weighted by Crippen LogP contribution is -2.45. The van der Waals surface area contributed by atoms with Gasteiger partial charge in [-0.3, -0.25) is 4.79 Å². The summed E-state index contributed by atoms with van der Waals surface area (Å²) in [5.41, 5.74) is 0.947. The van der Waals surface area contributed by atoms with E-state index < -0.39 is 0 Å². The quantitative estimate of drug-likeness (QED) is 0.716. The molecule has 1 fully saturated rings. The van der Waals surface area contributed by atoms with Crippen LogP contribution in [0.4, 0.5) is 4.79 Å². The zero-order chi connectivity index (χ0) is 17.2. The molecule has 1 saturated carbocycles. The highest BCUT2D eigenvalue weighted by atomic mass is 16.5. The number of hydrogen-bond donors (Lipinski definition) is 3. The van der Waals surface area contributed by atoms with Crippen LogP contribution in [0.1, 0.15) is 44.6 Å². The van der Waals surface area contributed by atoms with Gasteiger partial charge in [0.1, 0.15) is 5.75 Å². The fourth-order valence-electron chi connectivity index (χ4n) is 2.84. The highest BCUT2D eigenvalue weighted by molar-refractivity contribution is 5.84. The molecule has 0 bridgehead atoms. The number of nitrogens with one attached hydrogen (secondary N) is 3. The third-order valence-electron chi connectivity index (χ3n) is 4.04. The molecule has 1 aliphatic rings. The van der Waals surface area contributed by atoms with Gasteiger partial charge in [0.25, 0.3) is 0 Å². The molecule has 1 aliphatic carbocycles. The number of carbonyl (C=O) groups excluding carboxylic acids is 2. The second-order valence-electron chi connectivity index (χ2n) is 6.02. The summed E-state index contributed by atoms with van der Waals surface area (Å²) in [5.74, 6) is 0.652. The van der Waals surface area contributed by atoms with Crippen molar-refractivity contribution in [3.05, 3.63) is 29.8 Å². The van der Waals surface area contributed by atoms with E-state index in [0.29, 0.717) is 13.2 Å². The van der Waals surface area contributed by atoms with E-state index in [1.807, 2.05) is 31.2 Å². The van der Waals surface area contributed by atoms with E-state index in [1.165, 1.54) is 19.3 Å². The van der Waals surface area contributed by atoms with E-state index in [9.17, 15) is 9.59 Å². The molecule has 0 radical (unpaired) electrons. The highest BCUT2D eigenvalue weighted by Gasteiger charge is 2.15. The second-order valence-corrected chi connectivity index (χ2v) is 6.02. The van der Waals surface area contributed by atoms with E-state index in [2.05, 4.69) is 16.0 Å².